The Balaban J connectivity index is 2.26. The van der Waals surface area contributed by atoms with Crippen molar-refractivity contribution in [3.8, 4) is 21.8 Å². The van der Waals surface area contributed by atoms with Crippen LogP contribution < -0.4 is 5.73 Å². The summed E-state index contributed by atoms with van der Waals surface area (Å²) in [7, 11) is 0. The van der Waals surface area contributed by atoms with Gasteiger partial charge in [0.15, 0.2) is 11.6 Å². The zero-order valence-corrected chi connectivity index (χ0v) is 12.5. The first-order chi connectivity index (χ1) is 9.58. The molecule has 3 rings (SSSR count). The summed E-state index contributed by atoms with van der Waals surface area (Å²) in [5.74, 6) is 0.956. The van der Waals surface area contributed by atoms with Crippen LogP contribution in [0.25, 0.3) is 21.8 Å². The van der Waals surface area contributed by atoms with E-state index in [1.54, 1.807) is 11.3 Å². The Morgan fingerprint density at radius 1 is 1.25 bits per heavy atom. The van der Waals surface area contributed by atoms with Crippen molar-refractivity contribution in [3.05, 3.63) is 40.0 Å². The Hall–Kier alpha value is -1.85. The fourth-order valence-corrected chi connectivity index (χ4v) is 3.26. The van der Waals surface area contributed by atoms with Crippen molar-refractivity contribution in [3.63, 3.8) is 0 Å². The molecule has 0 aliphatic heterocycles. The summed E-state index contributed by atoms with van der Waals surface area (Å²) < 4.78 is 5.42. The van der Waals surface area contributed by atoms with E-state index in [1.807, 2.05) is 38.1 Å². The van der Waals surface area contributed by atoms with Gasteiger partial charge in [-0.1, -0.05) is 35.0 Å². The summed E-state index contributed by atoms with van der Waals surface area (Å²) in [4.78, 5) is 5.34. The van der Waals surface area contributed by atoms with Crippen molar-refractivity contribution >= 4 is 28.8 Å². The van der Waals surface area contributed by atoms with Crippen molar-refractivity contribution in [1.82, 2.24) is 10.1 Å². The Morgan fingerprint density at radius 2 is 2.00 bits per heavy atom. The number of rotatable bonds is 2. The van der Waals surface area contributed by atoms with Crippen molar-refractivity contribution in [2.24, 2.45) is 0 Å². The van der Waals surface area contributed by atoms with Gasteiger partial charge in [0, 0.05) is 10.6 Å². The SMILES string of the molecule is Cc1nc(C)c(-c2onc(N)c2-c2ccccc2Cl)s1. The number of nitrogens with zero attached hydrogens (tertiary/aromatic N) is 2. The van der Waals surface area contributed by atoms with Gasteiger partial charge in [0.05, 0.1) is 21.1 Å². The van der Waals surface area contributed by atoms with Gasteiger partial charge >= 0.3 is 0 Å². The molecule has 0 saturated heterocycles. The molecule has 102 valence electrons. The van der Waals surface area contributed by atoms with E-state index in [-0.39, 0.29) is 0 Å². The molecule has 0 atom stereocenters. The number of anilines is 1. The minimum atomic E-state index is 0.332. The van der Waals surface area contributed by atoms with E-state index in [9.17, 15) is 0 Å². The number of hydrogen-bond acceptors (Lipinski definition) is 5. The molecule has 3 aromatic rings. The van der Waals surface area contributed by atoms with Gasteiger partial charge < -0.3 is 10.3 Å². The van der Waals surface area contributed by atoms with Gasteiger partial charge in [-0.25, -0.2) is 4.98 Å². The van der Waals surface area contributed by atoms with E-state index in [4.69, 9.17) is 21.9 Å². The smallest absolute Gasteiger partial charge is 0.188 e. The average molecular weight is 306 g/mol. The lowest BCUT2D eigenvalue weighted by molar-refractivity contribution is 0.436. The van der Waals surface area contributed by atoms with Crippen LogP contribution in [0.2, 0.25) is 5.02 Å². The van der Waals surface area contributed by atoms with Crippen LogP contribution in [0.15, 0.2) is 28.8 Å². The zero-order valence-electron chi connectivity index (χ0n) is 11.0. The van der Waals surface area contributed by atoms with Crippen molar-refractivity contribution < 1.29 is 4.52 Å². The normalized spacial score (nSPS) is 10.9. The molecule has 0 saturated carbocycles. The number of halogens is 1. The molecule has 2 heterocycles. The van der Waals surface area contributed by atoms with E-state index in [2.05, 4.69) is 10.1 Å². The van der Waals surface area contributed by atoms with Crippen LogP contribution in [-0.4, -0.2) is 10.1 Å². The van der Waals surface area contributed by atoms with Crippen LogP contribution in [0.4, 0.5) is 5.82 Å². The molecule has 1 aromatic carbocycles. The summed E-state index contributed by atoms with van der Waals surface area (Å²) in [5, 5.41) is 5.47. The lowest BCUT2D eigenvalue weighted by Crippen LogP contribution is -1.89. The van der Waals surface area contributed by atoms with E-state index < -0.39 is 0 Å². The fraction of sp³-hybridized carbons (Fsp3) is 0.143. The van der Waals surface area contributed by atoms with Crippen LogP contribution in [0.5, 0.6) is 0 Å². The molecular weight excluding hydrogens is 294 g/mol. The van der Waals surface area contributed by atoms with E-state index >= 15 is 0 Å². The van der Waals surface area contributed by atoms with Crippen LogP contribution in [0.1, 0.15) is 10.7 Å². The molecule has 0 aliphatic rings. The Kier molecular flexibility index (Phi) is 3.23. The molecule has 0 unspecified atom stereocenters. The maximum absolute atomic E-state index is 6.25. The molecule has 2 aromatic heterocycles. The van der Waals surface area contributed by atoms with Crippen molar-refractivity contribution in [2.75, 3.05) is 5.73 Å². The topological polar surface area (TPSA) is 64.9 Å². The van der Waals surface area contributed by atoms with Gasteiger partial charge in [0.1, 0.15) is 0 Å². The number of aryl methyl sites for hydroxylation is 2. The van der Waals surface area contributed by atoms with E-state index in [1.165, 1.54) is 0 Å². The Bertz CT molecular complexity index is 779. The highest BCUT2D eigenvalue weighted by Crippen LogP contribution is 2.42. The second-order valence-electron chi connectivity index (χ2n) is 4.40. The molecule has 6 heteroatoms. The third kappa shape index (κ3) is 2.09. The third-order valence-corrected chi connectivity index (χ3v) is 4.37. The summed E-state index contributed by atoms with van der Waals surface area (Å²) in [6.45, 7) is 3.89. The minimum absolute atomic E-state index is 0.332. The standard InChI is InChI=1S/C14H12ClN3OS/c1-7-13(20-8(2)17-7)12-11(14(16)18-19-12)9-5-3-4-6-10(9)15/h3-6H,1-2H3,(H2,16,18). The monoisotopic (exact) mass is 305 g/mol. The number of aromatic nitrogens is 2. The first-order valence-corrected chi connectivity index (χ1v) is 7.22. The van der Waals surface area contributed by atoms with Crippen molar-refractivity contribution in [1.29, 1.82) is 0 Å². The first kappa shape index (κ1) is 13.1. The molecule has 20 heavy (non-hydrogen) atoms. The average Bonchev–Trinajstić information content (AvgIpc) is 2.93. The summed E-state index contributed by atoms with van der Waals surface area (Å²) >= 11 is 7.81. The largest absolute Gasteiger partial charge is 0.380 e. The second kappa shape index (κ2) is 4.92. The Labute approximate surface area is 125 Å². The highest BCUT2D eigenvalue weighted by Gasteiger charge is 2.22. The van der Waals surface area contributed by atoms with Crippen molar-refractivity contribution in [2.45, 2.75) is 13.8 Å². The van der Waals surface area contributed by atoms with E-state index in [0.717, 1.165) is 26.7 Å². The number of hydrogen-bond donors (Lipinski definition) is 1. The van der Waals surface area contributed by atoms with Gasteiger partial charge in [0.2, 0.25) is 0 Å². The minimum Gasteiger partial charge on any atom is -0.380 e. The second-order valence-corrected chi connectivity index (χ2v) is 6.01. The number of thiazole rings is 1. The van der Waals surface area contributed by atoms with Gasteiger partial charge in [-0.05, 0) is 19.9 Å². The molecular formula is C14H12ClN3OS. The van der Waals surface area contributed by atoms with Crippen LogP contribution in [0, 0.1) is 13.8 Å². The maximum Gasteiger partial charge on any atom is 0.188 e. The van der Waals surface area contributed by atoms with Gasteiger partial charge in [-0.2, -0.15) is 0 Å². The summed E-state index contributed by atoms with van der Waals surface area (Å²) in [5.41, 5.74) is 8.39. The molecule has 4 nitrogen and oxygen atoms in total. The molecule has 2 N–H and O–H groups in total. The van der Waals surface area contributed by atoms with Crippen LogP contribution >= 0.6 is 22.9 Å². The third-order valence-electron chi connectivity index (χ3n) is 2.97. The number of nitrogens with two attached hydrogens (primary N) is 1. The van der Waals surface area contributed by atoms with Crippen LogP contribution in [0.3, 0.4) is 0 Å². The highest BCUT2D eigenvalue weighted by molar-refractivity contribution is 7.15. The maximum atomic E-state index is 6.25. The number of nitrogen functional groups attached to an aromatic ring is 1. The van der Waals surface area contributed by atoms with E-state index in [0.29, 0.717) is 16.6 Å². The zero-order chi connectivity index (χ0) is 14.3. The summed E-state index contributed by atoms with van der Waals surface area (Å²) in [6, 6.07) is 7.50. The first-order valence-electron chi connectivity index (χ1n) is 6.02. The summed E-state index contributed by atoms with van der Waals surface area (Å²) in [6.07, 6.45) is 0. The van der Waals surface area contributed by atoms with Gasteiger partial charge in [-0.3, -0.25) is 0 Å². The van der Waals surface area contributed by atoms with Gasteiger partial charge in [0.25, 0.3) is 0 Å². The lowest BCUT2D eigenvalue weighted by Gasteiger charge is -2.03. The molecule has 0 radical (unpaired) electrons. The highest BCUT2D eigenvalue weighted by atomic mass is 35.5. The Morgan fingerprint density at radius 3 is 2.65 bits per heavy atom. The predicted octanol–water partition coefficient (Wildman–Crippen LogP) is 4.32. The van der Waals surface area contributed by atoms with Gasteiger partial charge in [-0.15, -0.1) is 11.3 Å². The fourth-order valence-electron chi connectivity index (χ4n) is 2.12. The molecule has 0 amide bonds. The predicted molar refractivity (Wildman–Crippen MR) is 81.9 cm³/mol. The lowest BCUT2D eigenvalue weighted by atomic mass is 10.0. The molecule has 0 aliphatic carbocycles. The molecule has 0 bridgehead atoms. The number of benzene rings is 1. The molecule has 0 fully saturated rings. The quantitative estimate of drug-likeness (QED) is 0.766. The van der Waals surface area contributed by atoms with Crippen LogP contribution in [-0.2, 0) is 0 Å². The molecule has 0 spiro atoms.